The molecule has 0 bridgehead atoms. The van der Waals surface area contributed by atoms with E-state index < -0.39 is 0 Å². The van der Waals surface area contributed by atoms with Gasteiger partial charge in [0.05, 0.1) is 24.2 Å². The molecule has 32 heavy (non-hydrogen) atoms. The van der Waals surface area contributed by atoms with E-state index in [1.165, 1.54) is 0 Å². The molecular weight excluding hydrogens is 432 g/mol. The number of rotatable bonds is 5. The molecule has 2 unspecified atom stereocenters. The molecule has 166 valence electrons. The fourth-order valence-electron chi connectivity index (χ4n) is 4.49. The van der Waals surface area contributed by atoms with Crippen molar-refractivity contribution in [2.75, 3.05) is 32.8 Å². The Morgan fingerprint density at radius 2 is 2.00 bits per heavy atom. The number of aromatic nitrogens is 5. The SMILES string of the molecule is CC1CC1c1nc(-c2ncn3c2c(=O)n(CCN2CCOCC2)c2cc(Cl)ccc23)no1. The number of halogens is 1. The second-order valence-corrected chi connectivity index (χ2v) is 9.07. The summed E-state index contributed by atoms with van der Waals surface area (Å²) in [4.78, 5) is 25.1. The van der Waals surface area contributed by atoms with Gasteiger partial charge in [0.15, 0.2) is 0 Å². The Balaban J connectivity index is 1.48. The highest BCUT2D eigenvalue weighted by atomic mass is 35.5. The Morgan fingerprint density at radius 1 is 1.19 bits per heavy atom. The molecule has 0 spiro atoms. The van der Waals surface area contributed by atoms with E-state index in [9.17, 15) is 4.79 Å². The average Bonchev–Trinajstić information content (AvgIpc) is 3.18. The van der Waals surface area contributed by atoms with Crippen molar-refractivity contribution in [3.05, 3.63) is 45.8 Å². The summed E-state index contributed by atoms with van der Waals surface area (Å²) >= 11 is 6.29. The molecule has 1 aliphatic heterocycles. The van der Waals surface area contributed by atoms with E-state index >= 15 is 0 Å². The predicted molar refractivity (Wildman–Crippen MR) is 119 cm³/mol. The van der Waals surface area contributed by atoms with Gasteiger partial charge in [0, 0.05) is 37.1 Å². The summed E-state index contributed by atoms with van der Waals surface area (Å²) in [5, 5.41) is 4.72. The summed E-state index contributed by atoms with van der Waals surface area (Å²) in [5.41, 5.74) is 2.36. The van der Waals surface area contributed by atoms with Gasteiger partial charge in [0.25, 0.3) is 5.56 Å². The average molecular weight is 455 g/mol. The lowest BCUT2D eigenvalue weighted by molar-refractivity contribution is 0.0364. The summed E-state index contributed by atoms with van der Waals surface area (Å²) in [6.45, 7) is 6.59. The molecule has 3 aromatic heterocycles. The third kappa shape index (κ3) is 3.32. The molecule has 2 aliphatic rings. The standard InChI is InChI=1S/C22H23ClN6O3/c1-13-10-15(13)21-25-20(26-32-21)18-19-22(30)28(5-4-27-6-8-31-9-7-27)17-11-14(23)2-3-16(17)29(19)12-24-18/h2-3,11-13,15H,4-10H2,1H3. The highest BCUT2D eigenvalue weighted by molar-refractivity contribution is 6.31. The minimum atomic E-state index is -0.147. The van der Waals surface area contributed by atoms with Gasteiger partial charge in [0.1, 0.15) is 17.5 Å². The summed E-state index contributed by atoms with van der Waals surface area (Å²) in [7, 11) is 0. The number of hydrogen-bond acceptors (Lipinski definition) is 7. The second-order valence-electron chi connectivity index (χ2n) is 8.63. The van der Waals surface area contributed by atoms with Crippen LogP contribution in [-0.4, -0.2) is 61.8 Å². The van der Waals surface area contributed by atoms with Crippen molar-refractivity contribution in [2.24, 2.45) is 5.92 Å². The lowest BCUT2D eigenvalue weighted by atomic mass is 10.2. The molecule has 0 N–H and O–H groups in total. The molecular formula is C22H23ClN6O3. The number of ether oxygens (including phenoxy) is 1. The topological polar surface area (TPSA) is 90.7 Å². The van der Waals surface area contributed by atoms with Gasteiger partial charge in [-0.2, -0.15) is 4.98 Å². The number of imidazole rings is 1. The minimum Gasteiger partial charge on any atom is -0.379 e. The molecule has 0 radical (unpaired) electrons. The molecule has 10 heteroatoms. The van der Waals surface area contributed by atoms with Gasteiger partial charge in [-0.1, -0.05) is 23.7 Å². The maximum absolute atomic E-state index is 13.7. The second kappa shape index (κ2) is 7.68. The molecule has 1 aliphatic carbocycles. The Bertz CT molecular complexity index is 1370. The van der Waals surface area contributed by atoms with Crippen molar-refractivity contribution >= 4 is 28.2 Å². The van der Waals surface area contributed by atoms with Crippen molar-refractivity contribution in [1.82, 2.24) is 29.0 Å². The normalized spacial score (nSPS) is 21.6. The van der Waals surface area contributed by atoms with Crippen LogP contribution in [0.3, 0.4) is 0 Å². The first-order chi connectivity index (χ1) is 15.6. The summed E-state index contributed by atoms with van der Waals surface area (Å²) in [5.74, 6) is 1.83. The lowest BCUT2D eigenvalue weighted by Gasteiger charge is -2.27. The zero-order valence-corrected chi connectivity index (χ0v) is 18.5. The van der Waals surface area contributed by atoms with E-state index in [4.69, 9.17) is 20.9 Å². The van der Waals surface area contributed by atoms with Crippen LogP contribution in [0.1, 0.15) is 25.2 Å². The van der Waals surface area contributed by atoms with Gasteiger partial charge < -0.3 is 13.8 Å². The first kappa shape index (κ1) is 19.9. The van der Waals surface area contributed by atoms with Crippen molar-refractivity contribution < 1.29 is 9.26 Å². The van der Waals surface area contributed by atoms with Gasteiger partial charge in [-0.05, 0) is 30.5 Å². The minimum absolute atomic E-state index is 0.147. The zero-order chi connectivity index (χ0) is 21.8. The van der Waals surface area contributed by atoms with Crippen LogP contribution in [0.5, 0.6) is 0 Å². The third-order valence-corrected chi connectivity index (χ3v) is 6.76. The third-order valence-electron chi connectivity index (χ3n) is 6.53. The van der Waals surface area contributed by atoms with Crippen LogP contribution in [0, 0.1) is 5.92 Å². The number of benzene rings is 1. The van der Waals surface area contributed by atoms with Gasteiger partial charge in [-0.3, -0.25) is 14.1 Å². The van der Waals surface area contributed by atoms with Gasteiger partial charge >= 0.3 is 0 Å². The van der Waals surface area contributed by atoms with Crippen molar-refractivity contribution in [3.63, 3.8) is 0 Å². The molecule has 2 atom stereocenters. The van der Waals surface area contributed by atoms with Crippen LogP contribution < -0.4 is 5.56 Å². The predicted octanol–water partition coefficient (Wildman–Crippen LogP) is 2.81. The van der Waals surface area contributed by atoms with E-state index in [1.807, 2.05) is 18.2 Å². The van der Waals surface area contributed by atoms with E-state index in [1.54, 1.807) is 15.3 Å². The Labute approximate surface area is 188 Å². The fourth-order valence-corrected chi connectivity index (χ4v) is 4.66. The van der Waals surface area contributed by atoms with Crippen LogP contribution >= 0.6 is 11.6 Å². The molecule has 4 heterocycles. The van der Waals surface area contributed by atoms with E-state index in [-0.39, 0.29) is 5.56 Å². The van der Waals surface area contributed by atoms with E-state index in [2.05, 4.69) is 26.9 Å². The fraction of sp³-hybridized carbons (Fsp3) is 0.455. The largest absolute Gasteiger partial charge is 0.379 e. The maximum Gasteiger partial charge on any atom is 0.277 e. The van der Waals surface area contributed by atoms with Crippen molar-refractivity contribution in [1.29, 1.82) is 0 Å². The smallest absolute Gasteiger partial charge is 0.277 e. The number of morpholine rings is 1. The molecule has 1 saturated carbocycles. The first-order valence-electron chi connectivity index (χ1n) is 10.9. The molecule has 9 nitrogen and oxygen atoms in total. The molecule has 6 rings (SSSR count). The highest BCUT2D eigenvalue weighted by Crippen LogP contribution is 2.46. The summed E-state index contributed by atoms with van der Waals surface area (Å²) in [6, 6.07) is 5.56. The molecule has 1 aromatic carbocycles. The molecule has 1 saturated heterocycles. The van der Waals surface area contributed by atoms with Crippen molar-refractivity contribution in [3.8, 4) is 11.5 Å². The Kier molecular flexibility index (Phi) is 4.78. The number of nitrogens with zero attached hydrogens (tertiary/aromatic N) is 6. The van der Waals surface area contributed by atoms with Crippen LogP contribution in [-0.2, 0) is 11.3 Å². The Hall–Kier alpha value is -2.75. The van der Waals surface area contributed by atoms with E-state index in [0.29, 0.717) is 59.5 Å². The molecule has 2 fully saturated rings. The quantitative estimate of drug-likeness (QED) is 0.458. The van der Waals surface area contributed by atoms with Crippen molar-refractivity contribution in [2.45, 2.75) is 25.8 Å². The van der Waals surface area contributed by atoms with Gasteiger partial charge in [-0.25, -0.2) is 4.98 Å². The molecule has 0 amide bonds. The van der Waals surface area contributed by atoms with E-state index in [0.717, 1.165) is 37.1 Å². The number of fused-ring (bicyclic) bond motifs is 3. The highest BCUT2D eigenvalue weighted by Gasteiger charge is 2.39. The van der Waals surface area contributed by atoms with Crippen LogP contribution in [0.4, 0.5) is 0 Å². The van der Waals surface area contributed by atoms with Gasteiger partial charge in [-0.15, -0.1) is 0 Å². The number of hydrogen-bond donors (Lipinski definition) is 0. The summed E-state index contributed by atoms with van der Waals surface area (Å²) in [6.07, 6.45) is 2.69. The lowest BCUT2D eigenvalue weighted by Crippen LogP contribution is -2.39. The summed E-state index contributed by atoms with van der Waals surface area (Å²) < 4.78 is 14.5. The monoisotopic (exact) mass is 454 g/mol. The molecule has 4 aromatic rings. The van der Waals surface area contributed by atoms with Gasteiger partial charge in [0.2, 0.25) is 11.7 Å². The van der Waals surface area contributed by atoms with Crippen LogP contribution in [0.15, 0.2) is 33.8 Å². The van der Waals surface area contributed by atoms with Crippen LogP contribution in [0.25, 0.3) is 28.1 Å². The Morgan fingerprint density at radius 3 is 2.78 bits per heavy atom. The van der Waals surface area contributed by atoms with Crippen LogP contribution in [0.2, 0.25) is 5.02 Å². The first-order valence-corrected chi connectivity index (χ1v) is 11.3. The zero-order valence-electron chi connectivity index (χ0n) is 17.7. The maximum atomic E-state index is 13.7.